The Hall–Kier alpha value is -2.00. The summed E-state index contributed by atoms with van der Waals surface area (Å²) in [5.74, 6) is -0.232. The van der Waals surface area contributed by atoms with Crippen LogP contribution in [0.5, 0.6) is 5.75 Å². The molecule has 0 aliphatic heterocycles. The molecule has 0 bridgehead atoms. The van der Waals surface area contributed by atoms with E-state index in [1.54, 1.807) is 24.3 Å². The fraction of sp³-hybridized carbons (Fsp3) is 0.381. The third-order valence-corrected chi connectivity index (χ3v) is 4.45. The number of rotatable bonds is 10. The molecular formula is C21H25ClO3. The highest BCUT2D eigenvalue weighted by Crippen LogP contribution is 2.30. The summed E-state index contributed by atoms with van der Waals surface area (Å²) in [4.78, 5) is 10.9. The highest BCUT2D eigenvalue weighted by atomic mass is 35.5. The third kappa shape index (κ3) is 6.09. The number of unbranched alkanes of at least 4 members (excludes halogenated alkanes) is 5. The van der Waals surface area contributed by atoms with Gasteiger partial charge < -0.3 is 9.84 Å². The number of carbonyl (C=O) groups is 1. The molecule has 3 nitrogen and oxygen atoms in total. The largest absolute Gasteiger partial charge is 0.492 e. The summed E-state index contributed by atoms with van der Waals surface area (Å²) < 4.78 is 5.78. The van der Waals surface area contributed by atoms with E-state index in [2.05, 4.69) is 6.92 Å². The second-order valence-electron chi connectivity index (χ2n) is 6.14. The molecule has 0 saturated carbocycles. The Bertz CT molecular complexity index is 680. The molecule has 0 amide bonds. The molecule has 25 heavy (non-hydrogen) atoms. The minimum atomic E-state index is -0.928. The third-order valence-electron chi connectivity index (χ3n) is 4.15. The fourth-order valence-electron chi connectivity index (χ4n) is 2.67. The molecule has 0 aliphatic carbocycles. The summed E-state index contributed by atoms with van der Waals surface area (Å²) in [6.45, 7) is 2.90. The van der Waals surface area contributed by atoms with Gasteiger partial charge >= 0.3 is 5.97 Å². The molecule has 0 aromatic heterocycles. The summed E-state index contributed by atoms with van der Waals surface area (Å²) in [6.07, 6.45) is 7.35. The molecular weight excluding hydrogens is 336 g/mol. The molecule has 0 radical (unpaired) electrons. The molecule has 2 rings (SSSR count). The molecule has 0 saturated heterocycles. The van der Waals surface area contributed by atoms with Gasteiger partial charge in [0.1, 0.15) is 5.75 Å². The molecule has 0 heterocycles. The van der Waals surface area contributed by atoms with E-state index in [-0.39, 0.29) is 5.56 Å². The lowest BCUT2D eigenvalue weighted by Crippen LogP contribution is -1.98. The van der Waals surface area contributed by atoms with Crippen molar-refractivity contribution in [1.82, 2.24) is 0 Å². The van der Waals surface area contributed by atoms with E-state index in [1.807, 2.05) is 18.2 Å². The Balaban J connectivity index is 1.88. The number of halogens is 1. The minimum absolute atomic E-state index is 0.272. The molecule has 2 aromatic carbocycles. The maximum Gasteiger partial charge on any atom is 0.335 e. The Morgan fingerprint density at radius 3 is 2.24 bits per heavy atom. The molecule has 2 aromatic rings. The molecule has 0 spiro atoms. The van der Waals surface area contributed by atoms with Crippen molar-refractivity contribution in [3.8, 4) is 16.9 Å². The topological polar surface area (TPSA) is 46.5 Å². The van der Waals surface area contributed by atoms with Crippen molar-refractivity contribution in [3.63, 3.8) is 0 Å². The van der Waals surface area contributed by atoms with E-state index in [0.717, 1.165) is 17.5 Å². The number of benzene rings is 2. The van der Waals surface area contributed by atoms with Crippen molar-refractivity contribution in [3.05, 3.63) is 53.1 Å². The highest BCUT2D eigenvalue weighted by molar-refractivity contribution is 6.32. The number of carboxylic acids is 1. The lowest BCUT2D eigenvalue weighted by atomic mass is 10.0. The first-order valence-electron chi connectivity index (χ1n) is 8.88. The van der Waals surface area contributed by atoms with E-state index >= 15 is 0 Å². The second-order valence-corrected chi connectivity index (χ2v) is 6.55. The normalized spacial score (nSPS) is 10.6. The predicted molar refractivity (Wildman–Crippen MR) is 103 cm³/mol. The van der Waals surface area contributed by atoms with Crippen molar-refractivity contribution in [2.75, 3.05) is 6.61 Å². The van der Waals surface area contributed by atoms with Crippen LogP contribution < -0.4 is 4.74 Å². The summed E-state index contributed by atoms with van der Waals surface area (Å²) in [5.41, 5.74) is 2.14. The van der Waals surface area contributed by atoms with Crippen LogP contribution in [0.2, 0.25) is 5.02 Å². The van der Waals surface area contributed by atoms with Gasteiger partial charge in [0, 0.05) is 0 Å². The first-order chi connectivity index (χ1) is 12.1. The van der Waals surface area contributed by atoms with Gasteiger partial charge in [-0.2, -0.15) is 0 Å². The van der Waals surface area contributed by atoms with Gasteiger partial charge in [0.15, 0.2) is 0 Å². The lowest BCUT2D eigenvalue weighted by molar-refractivity contribution is 0.0697. The molecule has 134 valence electrons. The van der Waals surface area contributed by atoms with Gasteiger partial charge in [0.2, 0.25) is 0 Å². The zero-order valence-electron chi connectivity index (χ0n) is 14.6. The maximum absolute atomic E-state index is 10.9. The van der Waals surface area contributed by atoms with Gasteiger partial charge in [-0.25, -0.2) is 4.79 Å². The Morgan fingerprint density at radius 1 is 0.960 bits per heavy atom. The van der Waals surface area contributed by atoms with Gasteiger partial charge in [0.25, 0.3) is 0 Å². The molecule has 4 heteroatoms. The van der Waals surface area contributed by atoms with E-state index in [9.17, 15) is 4.79 Å². The van der Waals surface area contributed by atoms with Crippen LogP contribution in [0.25, 0.3) is 11.1 Å². The van der Waals surface area contributed by atoms with Crippen LogP contribution in [0.4, 0.5) is 0 Å². The maximum atomic E-state index is 10.9. The smallest absolute Gasteiger partial charge is 0.335 e. The number of aromatic carboxylic acids is 1. The van der Waals surface area contributed by atoms with Crippen LogP contribution in [0.1, 0.15) is 55.8 Å². The Labute approximate surface area is 154 Å². The summed E-state index contributed by atoms with van der Waals surface area (Å²) in [5, 5.41) is 9.53. The highest BCUT2D eigenvalue weighted by Gasteiger charge is 2.07. The van der Waals surface area contributed by atoms with Gasteiger partial charge in [-0.05, 0) is 41.8 Å². The van der Waals surface area contributed by atoms with Crippen molar-refractivity contribution in [2.45, 2.75) is 45.4 Å². The van der Waals surface area contributed by atoms with Crippen LogP contribution in [0.15, 0.2) is 42.5 Å². The van der Waals surface area contributed by atoms with Crippen LogP contribution in [-0.4, -0.2) is 17.7 Å². The zero-order valence-corrected chi connectivity index (χ0v) is 15.4. The first kappa shape index (κ1) is 19.3. The first-order valence-corrected chi connectivity index (χ1v) is 9.25. The van der Waals surface area contributed by atoms with Crippen molar-refractivity contribution in [1.29, 1.82) is 0 Å². The predicted octanol–water partition coefficient (Wildman–Crippen LogP) is 6.44. The molecule has 0 fully saturated rings. The average Bonchev–Trinajstić information content (AvgIpc) is 2.62. The standard InChI is InChI=1S/C21H25ClO3/c1-2-3-4-5-6-7-14-25-20-13-12-18(15-19(20)22)16-8-10-17(11-9-16)21(23)24/h8-13,15H,2-7,14H2,1H3,(H,23,24). The van der Waals surface area contributed by atoms with E-state index < -0.39 is 5.97 Å². The monoisotopic (exact) mass is 360 g/mol. The Kier molecular flexibility index (Phi) is 7.80. The van der Waals surface area contributed by atoms with Crippen molar-refractivity contribution in [2.24, 2.45) is 0 Å². The summed E-state index contributed by atoms with van der Waals surface area (Å²) in [6, 6.07) is 12.4. The van der Waals surface area contributed by atoms with Crippen molar-refractivity contribution < 1.29 is 14.6 Å². The van der Waals surface area contributed by atoms with E-state index in [0.29, 0.717) is 17.4 Å². The SMILES string of the molecule is CCCCCCCCOc1ccc(-c2ccc(C(=O)O)cc2)cc1Cl. The van der Waals surface area contributed by atoms with Crippen LogP contribution in [0.3, 0.4) is 0 Å². The minimum Gasteiger partial charge on any atom is -0.492 e. The van der Waals surface area contributed by atoms with Gasteiger partial charge in [-0.3, -0.25) is 0 Å². The fourth-order valence-corrected chi connectivity index (χ4v) is 2.90. The average molecular weight is 361 g/mol. The van der Waals surface area contributed by atoms with Crippen LogP contribution >= 0.6 is 11.6 Å². The molecule has 0 unspecified atom stereocenters. The lowest BCUT2D eigenvalue weighted by Gasteiger charge is -2.10. The second kappa shape index (κ2) is 10.1. The number of hydrogen-bond acceptors (Lipinski definition) is 2. The number of carboxylic acid groups (broad SMARTS) is 1. The van der Waals surface area contributed by atoms with E-state index in [4.69, 9.17) is 21.4 Å². The Morgan fingerprint density at radius 2 is 1.60 bits per heavy atom. The molecule has 0 aliphatic rings. The van der Waals surface area contributed by atoms with Crippen LogP contribution in [-0.2, 0) is 0 Å². The quantitative estimate of drug-likeness (QED) is 0.495. The number of hydrogen-bond donors (Lipinski definition) is 1. The van der Waals surface area contributed by atoms with Crippen LogP contribution in [0, 0.1) is 0 Å². The summed E-state index contributed by atoms with van der Waals surface area (Å²) in [7, 11) is 0. The summed E-state index contributed by atoms with van der Waals surface area (Å²) >= 11 is 6.32. The van der Waals surface area contributed by atoms with Crippen molar-refractivity contribution >= 4 is 17.6 Å². The zero-order chi connectivity index (χ0) is 18.1. The molecule has 0 atom stereocenters. The number of ether oxygens (including phenoxy) is 1. The molecule has 1 N–H and O–H groups in total. The van der Waals surface area contributed by atoms with E-state index in [1.165, 1.54) is 32.1 Å². The van der Waals surface area contributed by atoms with Gasteiger partial charge in [-0.15, -0.1) is 0 Å². The van der Waals surface area contributed by atoms with Gasteiger partial charge in [0.05, 0.1) is 17.2 Å². The van der Waals surface area contributed by atoms with Gasteiger partial charge in [-0.1, -0.05) is 68.8 Å².